The molecule has 106 valence electrons. The monoisotopic (exact) mass is 290 g/mol. The first-order valence-electron chi connectivity index (χ1n) is 6.71. The van der Waals surface area contributed by atoms with Crippen LogP contribution in [-0.4, -0.2) is 22.6 Å². The molecule has 6 heteroatoms. The molecule has 0 spiro atoms. The van der Waals surface area contributed by atoms with Crippen LogP contribution in [0.2, 0.25) is 0 Å². The van der Waals surface area contributed by atoms with Crippen LogP contribution in [0, 0.1) is 19.3 Å². The lowest BCUT2D eigenvalue weighted by atomic mass is 10.1. The molecule has 1 amide bonds. The minimum absolute atomic E-state index is 0.101. The molecule has 3 rings (SSSR count). The van der Waals surface area contributed by atoms with Gasteiger partial charge < -0.3 is 11.1 Å². The quantitative estimate of drug-likeness (QED) is 0.909. The summed E-state index contributed by atoms with van der Waals surface area (Å²) in [6.45, 7) is 6.75. The molecule has 5 nitrogen and oxygen atoms in total. The van der Waals surface area contributed by atoms with Crippen molar-refractivity contribution in [3.8, 4) is 0 Å². The number of amides is 1. The molecule has 1 saturated carbocycles. The van der Waals surface area contributed by atoms with E-state index >= 15 is 0 Å². The zero-order valence-electron chi connectivity index (χ0n) is 11.9. The van der Waals surface area contributed by atoms with Crippen LogP contribution in [-0.2, 0) is 0 Å². The van der Waals surface area contributed by atoms with E-state index in [1.807, 2.05) is 13.8 Å². The Morgan fingerprint density at radius 1 is 1.40 bits per heavy atom. The largest absolute Gasteiger partial charge is 0.397 e. The SMILES string of the molecule is Cc1nnc2sc(C(=O)NCC3(C)CC3)c(N)c2c1C. The molecule has 0 aromatic carbocycles. The normalized spacial score (nSPS) is 16.4. The molecule has 20 heavy (non-hydrogen) atoms. The number of nitrogens with one attached hydrogen (secondary N) is 1. The van der Waals surface area contributed by atoms with E-state index in [2.05, 4.69) is 22.4 Å². The molecule has 3 N–H and O–H groups in total. The van der Waals surface area contributed by atoms with Crippen LogP contribution in [0.25, 0.3) is 10.2 Å². The molecule has 0 aliphatic heterocycles. The maximum atomic E-state index is 12.3. The molecular weight excluding hydrogens is 272 g/mol. The molecule has 1 aliphatic carbocycles. The Morgan fingerprint density at radius 2 is 2.10 bits per heavy atom. The summed E-state index contributed by atoms with van der Waals surface area (Å²) in [4.78, 5) is 13.6. The van der Waals surface area contributed by atoms with Gasteiger partial charge in [0.2, 0.25) is 0 Å². The van der Waals surface area contributed by atoms with E-state index in [-0.39, 0.29) is 11.3 Å². The van der Waals surface area contributed by atoms with Crippen LogP contribution in [0.5, 0.6) is 0 Å². The third-order valence-corrected chi connectivity index (χ3v) is 5.21. The second-order valence-electron chi connectivity index (χ2n) is 5.93. The summed E-state index contributed by atoms with van der Waals surface area (Å²) in [6, 6.07) is 0. The minimum atomic E-state index is -0.101. The summed E-state index contributed by atoms with van der Waals surface area (Å²) in [6.07, 6.45) is 2.36. The van der Waals surface area contributed by atoms with Gasteiger partial charge in [0.05, 0.1) is 11.4 Å². The van der Waals surface area contributed by atoms with Gasteiger partial charge in [-0.05, 0) is 37.7 Å². The van der Waals surface area contributed by atoms with Gasteiger partial charge in [0, 0.05) is 11.9 Å². The highest BCUT2D eigenvalue weighted by Crippen LogP contribution is 2.44. The number of hydrogen-bond acceptors (Lipinski definition) is 5. The minimum Gasteiger partial charge on any atom is -0.397 e. The number of hydrogen-bond donors (Lipinski definition) is 2. The van der Waals surface area contributed by atoms with Gasteiger partial charge in [0.15, 0.2) is 0 Å². The Hall–Kier alpha value is -1.69. The van der Waals surface area contributed by atoms with E-state index in [0.29, 0.717) is 17.1 Å². The van der Waals surface area contributed by atoms with Crippen molar-refractivity contribution in [2.45, 2.75) is 33.6 Å². The topological polar surface area (TPSA) is 80.9 Å². The summed E-state index contributed by atoms with van der Waals surface area (Å²) in [5.74, 6) is -0.101. The van der Waals surface area contributed by atoms with Gasteiger partial charge in [-0.25, -0.2) is 0 Å². The molecule has 0 bridgehead atoms. The second kappa shape index (κ2) is 4.41. The molecule has 2 aromatic heterocycles. The number of nitrogens with zero attached hydrogens (tertiary/aromatic N) is 2. The zero-order chi connectivity index (χ0) is 14.5. The third kappa shape index (κ3) is 2.14. The summed E-state index contributed by atoms with van der Waals surface area (Å²) in [5.41, 5.74) is 8.80. The number of fused-ring (bicyclic) bond motifs is 1. The first-order valence-corrected chi connectivity index (χ1v) is 7.53. The van der Waals surface area contributed by atoms with Crippen LogP contribution in [0.4, 0.5) is 5.69 Å². The van der Waals surface area contributed by atoms with E-state index in [1.165, 1.54) is 24.2 Å². The molecule has 0 radical (unpaired) electrons. The highest BCUT2D eigenvalue weighted by Gasteiger charge is 2.37. The maximum absolute atomic E-state index is 12.3. The number of carbonyl (C=O) groups excluding carboxylic acids is 1. The Bertz CT molecular complexity index is 703. The molecular formula is C14H18N4OS. The molecule has 0 unspecified atom stereocenters. The summed E-state index contributed by atoms with van der Waals surface area (Å²) < 4.78 is 0. The number of aromatic nitrogens is 2. The van der Waals surface area contributed by atoms with E-state index in [4.69, 9.17) is 5.73 Å². The number of thiophene rings is 1. The number of rotatable bonds is 3. The lowest BCUT2D eigenvalue weighted by Gasteiger charge is -2.09. The van der Waals surface area contributed by atoms with Gasteiger partial charge in [-0.3, -0.25) is 4.79 Å². The fourth-order valence-corrected chi connectivity index (χ4v) is 3.19. The number of nitrogens with two attached hydrogens (primary N) is 1. The van der Waals surface area contributed by atoms with Crippen molar-refractivity contribution in [1.82, 2.24) is 15.5 Å². The zero-order valence-corrected chi connectivity index (χ0v) is 12.7. The molecule has 1 aliphatic rings. The van der Waals surface area contributed by atoms with Crippen molar-refractivity contribution in [2.75, 3.05) is 12.3 Å². The van der Waals surface area contributed by atoms with E-state index in [1.54, 1.807) is 0 Å². The average molecular weight is 290 g/mol. The summed E-state index contributed by atoms with van der Waals surface area (Å²) in [7, 11) is 0. The van der Waals surface area contributed by atoms with Crippen molar-refractivity contribution in [3.05, 3.63) is 16.1 Å². The third-order valence-electron chi connectivity index (χ3n) is 4.12. The maximum Gasteiger partial charge on any atom is 0.263 e. The van der Waals surface area contributed by atoms with Gasteiger partial charge in [-0.1, -0.05) is 6.92 Å². The van der Waals surface area contributed by atoms with Crippen LogP contribution in [0.15, 0.2) is 0 Å². The van der Waals surface area contributed by atoms with Gasteiger partial charge in [-0.15, -0.1) is 16.4 Å². The van der Waals surface area contributed by atoms with Crippen LogP contribution < -0.4 is 11.1 Å². The Labute approximate surface area is 121 Å². The standard InChI is InChI=1S/C14H18N4OS/c1-7-8(2)17-18-13-9(7)10(15)11(20-13)12(19)16-6-14(3)4-5-14/h4-6,15H2,1-3H3,(H,16,19). The molecule has 2 heterocycles. The van der Waals surface area contributed by atoms with Gasteiger partial charge in [0.25, 0.3) is 5.91 Å². The van der Waals surface area contributed by atoms with Gasteiger partial charge in [-0.2, -0.15) is 5.10 Å². The van der Waals surface area contributed by atoms with Gasteiger partial charge >= 0.3 is 0 Å². The number of nitrogen functional groups attached to an aromatic ring is 1. The highest BCUT2D eigenvalue weighted by molar-refractivity contribution is 7.21. The molecule has 0 saturated heterocycles. The molecule has 2 aromatic rings. The molecule has 1 fully saturated rings. The van der Waals surface area contributed by atoms with Crippen LogP contribution in [0.3, 0.4) is 0 Å². The van der Waals surface area contributed by atoms with Crippen LogP contribution >= 0.6 is 11.3 Å². The summed E-state index contributed by atoms with van der Waals surface area (Å²) in [5, 5.41) is 12.1. The predicted molar refractivity (Wildman–Crippen MR) is 81.0 cm³/mol. The predicted octanol–water partition coefficient (Wildman–Crippen LogP) is 2.42. The Morgan fingerprint density at radius 3 is 2.75 bits per heavy atom. The van der Waals surface area contributed by atoms with E-state index in [0.717, 1.165) is 21.5 Å². The van der Waals surface area contributed by atoms with E-state index in [9.17, 15) is 4.79 Å². The number of anilines is 1. The van der Waals surface area contributed by atoms with Crippen molar-refractivity contribution < 1.29 is 4.79 Å². The second-order valence-corrected chi connectivity index (χ2v) is 6.93. The van der Waals surface area contributed by atoms with Crippen molar-refractivity contribution in [3.63, 3.8) is 0 Å². The lowest BCUT2D eigenvalue weighted by Crippen LogP contribution is -2.28. The highest BCUT2D eigenvalue weighted by atomic mass is 32.1. The van der Waals surface area contributed by atoms with Crippen LogP contribution in [0.1, 0.15) is 40.7 Å². The van der Waals surface area contributed by atoms with E-state index < -0.39 is 0 Å². The fourth-order valence-electron chi connectivity index (χ4n) is 2.17. The average Bonchev–Trinajstić information content (AvgIpc) is 3.05. The number of aryl methyl sites for hydroxylation is 2. The van der Waals surface area contributed by atoms with Crippen molar-refractivity contribution in [2.24, 2.45) is 5.41 Å². The fraction of sp³-hybridized carbons (Fsp3) is 0.500. The smallest absolute Gasteiger partial charge is 0.263 e. The van der Waals surface area contributed by atoms with Crippen molar-refractivity contribution >= 4 is 33.1 Å². The number of carbonyl (C=O) groups is 1. The first kappa shape index (κ1) is 13.3. The van der Waals surface area contributed by atoms with Crippen molar-refractivity contribution in [1.29, 1.82) is 0 Å². The summed E-state index contributed by atoms with van der Waals surface area (Å²) >= 11 is 1.32. The lowest BCUT2D eigenvalue weighted by molar-refractivity contribution is 0.0951. The molecule has 0 atom stereocenters. The first-order chi connectivity index (χ1) is 9.41. The Kier molecular flexibility index (Phi) is 2.93. The Balaban J connectivity index is 1.93. The van der Waals surface area contributed by atoms with Gasteiger partial charge in [0.1, 0.15) is 9.71 Å².